The molecule has 3 aromatic rings. The van der Waals surface area contributed by atoms with Crippen LogP contribution in [0.25, 0.3) is 11.4 Å². The van der Waals surface area contributed by atoms with Crippen molar-refractivity contribution >= 4 is 5.91 Å². The van der Waals surface area contributed by atoms with Crippen LogP contribution in [0.2, 0.25) is 0 Å². The highest BCUT2D eigenvalue weighted by Crippen LogP contribution is 2.17. The first-order valence-electron chi connectivity index (χ1n) is 8.93. The predicted octanol–water partition coefficient (Wildman–Crippen LogP) is 2.30. The van der Waals surface area contributed by atoms with Gasteiger partial charge in [-0.25, -0.2) is 0 Å². The van der Waals surface area contributed by atoms with Gasteiger partial charge in [0.2, 0.25) is 17.5 Å². The summed E-state index contributed by atoms with van der Waals surface area (Å²) in [5, 5.41) is 7.84. The molecule has 8 nitrogen and oxygen atoms in total. The van der Waals surface area contributed by atoms with Gasteiger partial charge in [0.1, 0.15) is 0 Å². The van der Waals surface area contributed by atoms with Gasteiger partial charge in [-0.2, -0.15) is 4.98 Å². The average molecular weight is 367 g/mol. The molecule has 140 valence electrons. The van der Waals surface area contributed by atoms with E-state index in [4.69, 9.17) is 9.05 Å². The number of carbonyl (C=O) groups is 1. The van der Waals surface area contributed by atoms with Crippen LogP contribution >= 0.6 is 0 Å². The summed E-state index contributed by atoms with van der Waals surface area (Å²) in [4.78, 5) is 20.9. The van der Waals surface area contributed by atoms with Gasteiger partial charge in [0, 0.05) is 37.8 Å². The third kappa shape index (κ3) is 3.90. The Balaban J connectivity index is 1.33. The largest absolute Gasteiger partial charge is 0.351 e. The van der Waals surface area contributed by atoms with Crippen molar-refractivity contribution in [2.24, 2.45) is 0 Å². The number of aromatic nitrogens is 3. The van der Waals surface area contributed by atoms with Crippen LogP contribution in [0, 0.1) is 13.8 Å². The van der Waals surface area contributed by atoms with Crippen LogP contribution in [0.4, 0.5) is 0 Å². The molecule has 2 aromatic heterocycles. The Kier molecular flexibility index (Phi) is 4.72. The molecule has 0 aliphatic carbocycles. The molecule has 0 atom stereocenters. The molecule has 27 heavy (non-hydrogen) atoms. The minimum Gasteiger partial charge on any atom is -0.351 e. The van der Waals surface area contributed by atoms with Gasteiger partial charge >= 0.3 is 0 Å². The lowest BCUT2D eigenvalue weighted by Gasteiger charge is -2.33. The lowest BCUT2D eigenvalue weighted by atomic mass is 10.1. The summed E-state index contributed by atoms with van der Waals surface area (Å²) in [6.07, 6.45) is 0. The van der Waals surface area contributed by atoms with Gasteiger partial charge in [0.15, 0.2) is 0 Å². The Morgan fingerprint density at radius 2 is 1.78 bits per heavy atom. The standard InChI is InChI=1S/C19H21N5O3/c1-13-3-5-15(6-4-13)18-20-17(27-22-18)12-23-7-9-24(10-8-23)19(25)16-11-14(2)21-26-16/h3-6,11H,7-10,12H2,1-2H3. The third-order valence-electron chi connectivity index (χ3n) is 4.63. The van der Waals surface area contributed by atoms with Crippen molar-refractivity contribution in [3.8, 4) is 11.4 Å². The molecular weight excluding hydrogens is 346 g/mol. The summed E-state index contributed by atoms with van der Waals surface area (Å²) in [7, 11) is 0. The maximum atomic E-state index is 12.4. The molecule has 1 amide bonds. The molecule has 4 rings (SSSR count). The molecule has 0 radical (unpaired) electrons. The molecule has 8 heteroatoms. The topological polar surface area (TPSA) is 88.5 Å². The van der Waals surface area contributed by atoms with E-state index in [1.165, 1.54) is 5.56 Å². The van der Waals surface area contributed by atoms with E-state index in [-0.39, 0.29) is 5.91 Å². The minimum atomic E-state index is -0.116. The number of rotatable bonds is 4. The van der Waals surface area contributed by atoms with Crippen molar-refractivity contribution in [1.82, 2.24) is 25.1 Å². The summed E-state index contributed by atoms with van der Waals surface area (Å²) in [6.45, 7) is 7.13. The lowest BCUT2D eigenvalue weighted by molar-refractivity contribution is 0.0576. The lowest BCUT2D eigenvalue weighted by Crippen LogP contribution is -2.48. The molecular formula is C19H21N5O3. The Labute approximate surface area is 156 Å². The fourth-order valence-corrected chi connectivity index (χ4v) is 3.06. The molecule has 0 bridgehead atoms. The number of piperazine rings is 1. The number of benzene rings is 1. The minimum absolute atomic E-state index is 0.116. The molecule has 0 spiro atoms. The van der Waals surface area contributed by atoms with Crippen molar-refractivity contribution in [3.05, 3.63) is 53.2 Å². The Morgan fingerprint density at radius 3 is 2.44 bits per heavy atom. The second-order valence-corrected chi connectivity index (χ2v) is 6.78. The number of amides is 1. The second-order valence-electron chi connectivity index (χ2n) is 6.78. The molecule has 1 fully saturated rings. The van der Waals surface area contributed by atoms with Crippen LogP contribution in [-0.4, -0.2) is 57.2 Å². The summed E-state index contributed by atoms with van der Waals surface area (Å²) in [6, 6.07) is 9.69. The van der Waals surface area contributed by atoms with E-state index in [2.05, 4.69) is 20.2 Å². The highest BCUT2D eigenvalue weighted by Gasteiger charge is 2.25. The first-order valence-corrected chi connectivity index (χ1v) is 8.93. The Bertz CT molecular complexity index is 923. The van der Waals surface area contributed by atoms with E-state index in [9.17, 15) is 4.79 Å². The zero-order valence-electron chi connectivity index (χ0n) is 15.4. The maximum absolute atomic E-state index is 12.4. The summed E-state index contributed by atoms with van der Waals surface area (Å²) in [5.41, 5.74) is 2.83. The molecule has 3 heterocycles. The third-order valence-corrected chi connectivity index (χ3v) is 4.63. The maximum Gasteiger partial charge on any atom is 0.292 e. The fourth-order valence-electron chi connectivity index (χ4n) is 3.06. The molecule has 1 aliphatic rings. The number of nitrogens with zero attached hydrogens (tertiary/aromatic N) is 5. The monoisotopic (exact) mass is 367 g/mol. The smallest absolute Gasteiger partial charge is 0.292 e. The molecule has 1 aliphatic heterocycles. The van der Waals surface area contributed by atoms with E-state index in [1.54, 1.807) is 17.9 Å². The van der Waals surface area contributed by atoms with E-state index < -0.39 is 0 Å². The van der Waals surface area contributed by atoms with Gasteiger partial charge in [-0.3, -0.25) is 9.69 Å². The van der Waals surface area contributed by atoms with Crippen LogP contribution < -0.4 is 0 Å². The van der Waals surface area contributed by atoms with E-state index in [1.807, 2.05) is 31.2 Å². The van der Waals surface area contributed by atoms with Crippen LogP contribution in [0.1, 0.15) is 27.7 Å². The molecule has 0 saturated carbocycles. The van der Waals surface area contributed by atoms with Crippen LogP contribution in [-0.2, 0) is 6.54 Å². The van der Waals surface area contributed by atoms with Crippen LogP contribution in [0.15, 0.2) is 39.4 Å². The van der Waals surface area contributed by atoms with E-state index >= 15 is 0 Å². The highest BCUT2D eigenvalue weighted by molar-refractivity contribution is 5.91. The zero-order chi connectivity index (χ0) is 18.8. The van der Waals surface area contributed by atoms with Crippen LogP contribution in [0.5, 0.6) is 0 Å². The van der Waals surface area contributed by atoms with Crippen molar-refractivity contribution in [2.45, 2.75) is 20.4 Å². The first-order chi connectivity index (χ1) is 13.1. The van der Waals surface area contributed by atoms with Gasteiger partial charge < -0.3 is 13.9 Å². The van der Waals surface area contributed by atoms with Gasteiger partial charge in [0.05, 0.1) is 12.2 Å². The predicted molar refractivity (Wildman–Crippen MR) is 96.9 cm³/mol. The van der Waals surface area contributed by atoms with E-state index in [0.29, 0.717) is 42.8 Å². The summed E-state index contributed by atoms with van der Waals surface area (Å²) >= 11 is 0. The van der Waals surface area contributed by atoms with Crippen molar-refractivity contribution in [3.63, 3.8) is 0 Å². The zero-order valence-corrected chi connectivity index (χ0v) is 15.4. The molecule has 1 aromatic carbocycles. The Morgan fingerprint density at radius 1 is 1.04 bits per heavy atom. The van der Waals surface area contributed by atoms with Gasteiger partial charge in [-0.15, -0.1) is 0 Å². The average Bonchev–Trinajstić information content (AvgIpc) is 3.32. The highest BCUT2D eigenvalue weighted by atomic mass is 16.5. The van der Waals surface area contributed by atoms with Crippen molar-refractivity contribution in [1.29, 1.82) is 0 Å². The second kappa shape index (κ2) is 7.32. The van der Waals surface area contributed by atoms with Crippen LogP contribution in [0.3, 0.4) is 0 Å². The fraction of sp³-hybridized carbons (Fsp3) is 0.368. The van der Waals surface area contributed by atoms with E-state index in [0.717, 1.165) is 18.7 Å². The van der Waals surface area contributed by atoms with Crippen molar-refractivity contribution in [2.75, 3.05) is 26.2 Å². The Hall–Kier alpha value is -3.00. The molecule has 0 unspecified atom stereocenters. The molecule has 0 N–H and O–H groups in total. The normalized spacial score (nSPS) is 15.3. The van der Waals surface area contributed by atoms with Gasteiger partial charge in [-0.1, -0.05) is 40.1 Å². The van der Waals surface area contributed by atoms with Gasteiger partial charge in [0.25, 0.3) is 5.91 Å². The summed E-state index contributed by atoms with van der Waals surface area (Å²) in [5.74, 6) is 1.35. The number of aryl methyl sites for hydroxylation is 2. The number of carbonyl (C=O) groups excluding carboxylic acids is 1. The SMILES string of the molecule is Cc1ccc(-c2noc(CN3CCN(C(=O)c4cc(C)no4)CC3)n2)cc1. The molecule has 1 saturated heterocycles. The first kappa shape index (κ1) is 17.4. The quantitative estimate of drug-likeness (QED) is 0.699. The van der Waals surface area contributed by atoms with Crippen molar-refractivity contribution < 1.29 is 13.8 Å². The summed E-state index contributed by atoms with van der Waals surface area (Å²) < 4.78 is 10.5. The number of hydrogen-bond acceptors (Lipinski definition) is 7. The van der Waals surface area contributed by atoms with Gasteiger partial charge in [-0.05, 0) is 13.8 Å². The number of hydrogen-bond donors (Lipinski definition) is 0.